The molecular weight excluding hydrogens is 468 g/mol. The van der Waals surface area contributed by atoms with Crippen LogP contribution in [0.15, 0.2) is 112 Å². The van der Waals surface area contributed by atoms with Gasteiger partial charge in [-0.2, -0.15) is 0 Å². The minimum atomic E-state index is 0.756. The molecule has 0 amide bonds. The van der Waals surface area contributed by atoms with E-state index in [9.17, 15) is 0 Å². The molecule has 0 aliphatic heterocycles. The zero-order valence-electron chi connectivity index (χ0n) is 20.5. The topological polar surface area (TPSA) is 52.1 Å². The maximum atomic E-state index is 6.31. The van der Waals surface area contributed by atoms with Gasteiger partial charge in [0.05, 0.1) is 0 Å². The second-order valence-electron chi connectivity index (χ2n) is 9.73. The molecule has 4 nitrogen and oxygen atoms in total. The minimum absolute atomic E-state index is 0.756. The number of nitrogens with zero attached hydrogens (tertiary/aromatic N) is 2. The maximum absolute atomic E-state index is 6.31. The fraction of sp³-hybridized carbons (Fsp3) is 0.0588. The van der Waals surface area contributed by atoms with Gasteiger partial charge in [-0.15, -0.1) is 0 Å². The number of hydrogen-bond donors (Lipinski definition) is 0. The molecule has 3 aromatic heterocycles. The summed E-state index contributed by atoms with van der Waals surface area (Å²) in [6.45, 7) is 0. The zero-order chi connectivity index (χ0) is 25.1. The summed E-state index contributed by atoms with van der Waals surface area (Å²) in [5.41, 5.74) is 11.0. The van der Waals surface area contributed by atoms with Gasteiger partial charge in [-0.25, -0.2) is 9.97 Å². The van der Waals surface area contributed by atoms with Gasteiger partial charge in [-0.05, 0) is 53.8 Å². The number of rotatable bonds is 3. The van der Waals surface area contributed by atoms with Crippen molar-refractivity contribution in [3.8, 4) is 33.5 Å². The van der Waals surface area contributed by atoms with Crippen LogP contribution < -0.4 is 0 Å². The molecule has 0 spiro atoms. The predicted molar refractivity (Wildman–Crippen MR) is 153 cm³/mol. The van der Waals surface area contributed by atoms with Crippen molar-refractivity contribution in [2.75, 3.05) is 0 Å². The van der Waals surface area contributed by atoms with Crippen LogP contribution in [-0.4, -0.2) is 9.97 Å². The van der Waals surface area contributed by atoms with E-state index in [0.29, 0.717) is 0 Å². The van der Waals surface area contributed by atoms with E-state index in [-0.39, 0.29) is 0 Å². The molecule has 0 N–H and O–H groups in total. The lowest BCUT2D eigenvalue weighted by atomic mass is 9.96. The lowest BCUT2D eigenvalue weighted by Gasteiger charge is -2.09. The molecular formula is C34H22N2O2. The molecule has 180 valence electrons. The number of aromatic nitrogens is 2. The Balaban J connectivity index is 1.24. The maximum Gasteiger partial charge on any atom is 0.179 e. The highest BCUT2D eigenvalue weighted by atomic mass is 16.3. The van der Waals surface area contributed by atoms with Gasteiger partial charge in [0, 0.05) is 27.5 Å². The summed E-state index contributed by atoms with van der Waals surface area (Å²) >= 11 is 0. The second kappa shape index (κ2) is 8.29. The Bertz CT molecular complexity index is 2040. The summed E-state index contributed by atoms with van der Waals surface area (Å²) in [6.07, 6.45) is 7.80. The highest BCUT2D eigenvalue weighted by Gasteiger charge is 2.20. The van der Waals surface area contributed by atoms with Crippen molar-refractivity contribution >= 4 is 39.1 Å². The molecule has 0 unspecified atom stereocenters. The van der Waals surface area contributed by atoms with Gasteiger partial charge >= 0.3 is 0 Å². The van der Waals surface area contributed by atoms with Gasteiger partial charge in [0.2, 0.25) is 0 Å². The fourth-order valence-corrected chi connectivity index (χ4v) is 5.66. The SMILES string of the molecule is C1=Cc2oc3c(-c4cccc(-c5cccc(-c6cccc7c6oc6ccccc67)c5)c4)ncnc3c2CC1. The Morgan fingerprint density at radius 1 is 0.632 bits per heavy atom. The molecule has 0 bridgehead atoms. The minimum Gasteiger partial charge on any atom is -0.455 e. The molecule has 4 heteroatoms. The van der Waals surface area contributed by atoms with Crippen molar-refractivity contribution in [1.82, 2.24) is 9.97 Å². The first-order valence-corrected chi connectivity index (χ1v) is 12.9. The molecule has 38 heavy (non-hydrogen) atoms. The first kappa shape index (κ1) is 21.2. The predicted octanol–water partition coefficient (Wildman–Crippen LogP) is 9.08. The number of fused-ring (bicyclic) bond motifs is 6. The van der Waals surface area contributed by atoms with Crippen LogP contribution in [0.25, 0.3) is 72.6 Å². The van der Waals surface area contributed by atoms with Gasteiger partial charge in [0.25, 0.3) is 0 Å². The Labute approximate surface area is 218 Å². The lowest BCUT2D eigenvalue weighted by molar-refractivity contribution is 0.595. The zero-order valence-corrected chi connectivity index (χ0v) is 20.5. The largest absolute Gasteiger partial charge is 0.455 e. The molecule has 0 atom stereocenters. The van der Waals surface area contributed by atoms with Crippen molar-refractivity contribution in [3.63, 3.8) is 0 Å². The monoisotopic (exact) mass is 490 g/mol. The van der Waals surface area contributed by atoms with E-state index in [1.54, 1.807) is 6.33 Å². The van der Waals surface area contributed by atoms with Gasteiger partial charge < -0.3 is 8.83 Å². The smallest absolute Gasteiger partial charge is 0.179 e. The standard InChI is InChI=1S/C34H22N2O2/c1-3-16-29-26(12-1)27-15-7-14-25(33(27)37-29)23-10-5-8-21(18-23)22-9-6-11-24(19-22)31-34-32(36-20-35-31)28-13-2-4-17-30(28)38-34/h1,3-12,14-20H,2,13H2. The van der Waals surface area contributed by atoms with E-state index < -0.39 is 0 Å². The Morgan fingerprint density at radius 2 is 1.39 bits per heavy atom. The van der Waals surface area contributed by atoms with Crippen molar-refractivity contribution in [1.29, 1.82) is 0 Å². The molecule has 4 aromatic carbocycles. The third-order valence-corrected chi connectivity index (χ3v) is 7.48. The molecule has 0 fully saturated rings. The summed E-state index contributed by atoms with van der Waals surface area (Å²) in [5.74, 6) is 0.900. The van der Waals surface area contributed by atoms with Crippen LogP contribution in [0.5, 0.6) is 0 Å². The third kappa shape index (κ3) is 3.24. The number of benzene rings is 4. The number of aryl methyl sites for hydroxylation is 1. The van der Waals surface area contributed by atoms with Gasteiger partial charge in [0.1, 0.15) is 34.5 Å². The van der Waals surface area contributed by atoms with Crippen LogP contribution in [0.2, 0.25) is 0 Å². The van der Waals surface area contributed by atoms with E-state index in [1.165, 1.54) is 5.56 Å². The summed E-state index contributed by atoms with van der Waals surface area (Å²) in [5, 5.41) is 2.27. The second-order valence-corrected chi connectivity index (χ2v) is 9.73. The molecule has 0 saturated heterocycles. The van der Waals surface area contributed by atoms with Crippen LogP contribution >= 0.6 is 0 Å². The number of furan rings is 2. The van der Waals surface area contributed by atoms with Crippen molar-refractivity contribution in [3.05, 3.63) is 115 Å². The van der Waals surface area contributed by atoms with Crippen LogP contribution in [0, 0.1) is 0 Å². The molecule has 8 rings (SSSR count). The van der Waals surface area contributed by atoms with Crippen molar-refractivity contribution in [2.24, 2.45) is 0 Å². The third-order valence-electron chi connectivity index (χ3n) is 7.48. The van der Waals surface area contributed by atoms with E-state index in [4.69, 9.17) is 8.83 Å². The first-order valence-electron chi connectivity index (χ1n) is 12.9. The first-order chi connectivity index (χ1) is 18.8. The average Bonchev–Trinajstić information content (AvgIpc) is 3.56. The van der Waals surface area contributed by atoms with Crippen molar-refractivity contribution < 1.29 is 8.83 Å². The van der Waals surface area contributed by atoms with Crippen LogP contribution in [0.4, 0.5) is 0 Å². The highest BCUT2D eigenvalue weighted by molar-refractivity contribution is 6.09. The van der Waals surface area contributed by atoms with Crippen LogP contribution in [0.3, 0.4) is 0 Å². The Morgan fingerprint density at radius 3 is 2.32 bits per heavy atom. The molecule has 7 aromatic rings. The number of para-hydroxylation sites is 2. The summed E-state index contributed by atoms with van der Waals surface area (Å²) in [6, 6.07) is 31.7. The average molecular weight is 491 g/mol. The van der Waals surface area contributed by atoms with E-state index in [1.807, 2.05) is 12.1 Å². The van der Waals surface area contributed by atoms with E-state index in [2.05, 4.69) is 101 Å². The van der Waals surface area contributed by atoms with Gasteiger partial charge in [-0.1, -0.05) is 78.9 Å². The molecule has 1 aliphatic carbocycles. The molecule has 0 saturated carbocycles. The number of allylic oxidation sites excluding steroid dienone is 1. The Kier molecular flexibility index (Phi) is 4.61. The normalized spacial score (nSPS) is 12.9. The van der Waals surface area contributed by atoms with Crippen LogP contribution in [0.1, 0.15) is 17.7 Å². The van der Waals surface area contributed by atoms with Crippen LogP contribution in [-0.2, 0) is 6.42 Å². The van der Waals surface area contributed by atoms with Gasteiger partial charge in [0.15, 0.2) is 5.58 Å². The van der Waals surface area contributed by atoms with Crippen molar-refractivity contribution in [2.45, 2.75) is 12.8 Å². The summed E-state index contributed by atoms with van der Waals surface area (Å²) in [4.78, 5) is 9.19. The van der Waals surface area contributed by atoms with E-state index in [0.717, 1.165) is 85.2 Å². The highest BCUT2D eigenvalue weighted by Crippen LogP contribution is 2.38. The molecule has 1 aliphatic rings. The quantitative estimate of drug-likeness (QED) is 0.248. The molecule has 3 heterocycles. The Hall–Kier alpha value is -4.96. The summed E-state index contributed by atoms with van der Waals surface area (Å²) < 4.78 is 12.5. The lowest BCUT2D eigenvalue weighted by Crippen LogP contribution is -1.92. The summed E-state index contributed by atoms with van der Waals surface area (Å²) in [7, 11) is 0. The van der Waals surface area contributed by atoms with Gasteiger partial charge in [-0.3, -0.25) is 0 Å². The number of hydrogen-bond acceptors (Lipinski definition) is 4. The van der Waals surface area contributed by atoms with E-state index >= 15 is 0 Å². The molecule has 0 radical (unpaired) electrons. The fourth-order valence-electron chi connectivity index (χ4n) is 5.66.